The molecule has 0 spiro atoms. The van der Waals surface area contributed by atoms with Gasteiger partial charge in [-0.3, -0.25) is 0 Å². The highest BCUT2D eigenvalue weighted by molar-refractivity contribution is 5.33. The van der Waals surface area contributed by atoms with Crippen LogP contribution in [0.25, 0.3) is 0 Å². The van der Waals surface area contributed by atoms with Gasteiger partial charge in [0, 0.05) is 6.07 Å². The van der Waals surface area contributed by atoms with Crippen LogP contribution >= 0.6 is 0 Å². The van der Waals surface area contributed by atoms with Gasteiger partial charge in [-0.25, -0.2) is 13.2 Å². The van der Waals surface area contributed by atoms with E-state index < -0.39 is 24.8 Å². The summed E-state index contributed by atoms with van der Waals surface area (Å²) in [5.74, 6) is 0.0579. The van der Waals surface area contributed by atoms with Gasteiger partial charge in [-0.05, 0) is 43.7 Å². The van der Waals surface area contributed by atoms with E-state index in [2.05, 4.69) is 6.92 Å². The number of benzene rings is 1. The molecule has 0 aliphatic heterocycles. The highest BCUT2D eigenvalue weighted by Gasteiger charge is 2.33. The molecular formula is C19H27F3O2. The molecule has 136 valence electrons. The van der Waals surface area contributed by atoms with E-state index >= 15 is 0 Å². The fourth-order valence-electron chi connectivity index (χ4n) is 3.33. The van der Waals surface area contributed by atoms with Crippen molar-refractivity contribution in [1.82, 2.24) is 0 Å². The van der Waals surface area contributed by atoms with Crippen LogP contribution in [0.15, 0.2) is 18.2 Å². The van der Waals surface area contributed by atoms with Crippen LogP contribution in [-0.4, -0.2) is 25.6 Å². The van der Waals surface area contributed by atoms with E-state index in [9.17, 15) is 13.2 Å². The van der Waals surface area contributed by atoms with Gasteiger partial charge in [0.05, 0.1) is 6.61 Å². The first-order valence-corrected chi connectivity index (χ1v) is 8.88. The Morgan fingerprint density at radius 1 is 1.08 bits per heavy atom. The van der Waals surface area contributed by atoms with Crippen LogP contribution in [0.3, 0.4) is 0 Å². The normalized spacial score (nSPS) is 23.5. The lowest BCUT2D eigenvalue weighted by Gasteiger charge is -2.31. The molecule has 1 fully saturated rings. The maximum Gasteiger partial charge on any atom is 0.168 e. The zero-order chi connectivity index (χ0) is 17.5. The van der Waals surface area contributed by atoms with Crippen molar-refractivity contribution in [2.24, 2.45) is 11.8 Å². The third kappa shape index (κ3) is 5.05. The molecule has 0 heterocycles. The first-order valence-electron chi connectivity index (χ1n) is 8.88. The standard InChI is InChI=1S/C19H27F3O2/c1-3-13-5-7-14(8-6-13)19(22)17(21)12-24-18-10-9-15(23-4-2)11-16(18)20/h9-11,13-14,17,19H,3-8,12H2,1-2H3. The van der Waals surface area contributed by atoms with Crippen molar-refractivity contribution in [1.29, 1.82) is 0 Å². The third-order valence-corrected chi connectivity index (χ3v) is 4.88. The van der Waals surface area contributed by atoms with Gasteiger partial charge in [0.2, 0.25) is 0 Å². The lowest BCUT2D eigenvalue weighted by Crippen LogP contribution is -2.33. The zero-order valence-electron chi connectivity index (χ0n) is 14.4. The predicted molar refractivity (Wildman–Crippen MR) is 88.6 cm³/mol. The van der Waals surface area contributed by atoms with Crippen molar-refractivity contribution in [2.45, 2.75) is 58.3 Å². The molecule has 1 aliphatic rings. The minimum atomic E-state index is -1.74. The molecule has 2 unspecified atom stereocenters. The van der Waals surface area contributed by atoms with E-state index in [0.717, 1.165) is 32.1 Å². The van der Waals surface area contributed by atoms with Gasteiger partial charge < -0.3 is 9.47 Å². The quantitative estimate of drug-likeness (QED) is 0.620. The second-order valence-corrected chi connectivity index (χ2v) is 6.49. The number of hydrogen-bond donors (Lipinski definition) is 0. The highest BCUT2D eigenvalue weighted by atomic mass is 19.2. The van der Waals surface area contributed by atoms with E-state index in [1.165, 1.54) is 12.1 Å². The van der Waals surface area contributed by atoms with E-state index in [-0.39, 0.29) is 11.7 Å². The molecule has 2 atom stereocenters. The topological polar surface area (TPSA) is 18.5 Å². The van der Waals surface area contributed by atoms with Gasteiger partial charge in [0.15, 0.2) is 17.7 Å². The Morgan fingerprint density at radius 3 is 2.38 bits per heavy atom. The molecule has 1 aromatic carbocycles. The summed E-state index contributed by atoms with van der Waals surface area (Å²) in [6.45, 7) is 3.89. The van der Waals surface area contributed by atoms with Crippen molar-refractivity contribution < 1.29 is 22.6 Å². The van der Waals surface area contributed by atoms with Crippen molar-refractivity contribution in [3.63, 3.8) is 0 Å². The number of hydrogen-bond acceptors (Lipinski definition) is 2. The van der Waals surface area contributed by atoms with Gasteiger partial charge >= 0.3 is 0 Å². The average molecular weight is 344 g/mol. The molecule has 0 amide bonds. The Bertz CT molecular complexity index is 501. The molecule has 1 aromatic rings. The van der Waals surface area contributed by atoms with Crippen LogP contribution in [0.2, 0.25) is 0 Å². The van der Waals surface area contributed by atoms with Gasteiger partial charge in [-0.2, -0.15) is 0 Å². The van der Waals surface area contributed by atoms with Gasteiger partial charge in [0.1, 0.15) is 18.5 Å². The summed E-state index contributed by atoms with van der Waals surface area (Å²) in [4.78, 5) is 0. The zero-order valence-corrected chi connectivity index (χ0v) is 14.4. The summed E-state index contributed by atoms with van der Waals surface area (Å²) >= 11 is 0. The fraction of sp³-hybridized carbons (Fsp3) is 0.684. The average Bonchev–Trinajstić information content (AvgIpc) is 2.60. The van der Waals surface area contributed by atoms with Crippen molar-refractivity contribution in [3.05, 3.63) is 24.0 Å². The summed E-state index contributed by atoms with van der Waals surface area (Å²) in [6, 6.07) is 4.12. The molecule has 0 bridgehead atoms. The highest BCUT2D eigenvalue weighted by Crippen LogP contribution is 2.35. The smallest absolute Gasteiger partial charge is 0.168 e. The van der Waals surface area contributed by atoms with Crippen LogP contribution < -0.4 is 9.47 Å². The second-order valence-electron chi connectivity index (χ2n) is 6.49. The molecule has 1 saturated carbocycles. The molecule has 5 heteroatoms. The molecule has 2 nitrogen and oxygen atoms in total. The summed E-state index contributed by atoms with van der Waals surface area (Å²) in [6.07, 6.45) is 1.18. The largest absolute Gasteiger partial charge is 0.494 e. The lowest BCUT2D eigenvalue weighted by atomic mass is 9.78. The molecule has 2 rings (SSSR count). The van der Waals surface area contributed by atoms with E-state index in [1.807, 2.05) is 0 Å². The van der Waals surface area contributed by atoms with Gasteiger partial charge in [-0.15, -0.1) is 0 Å². The van der Waals surface area contributed by atoms with Crippen LogP contribution in [0.5, 0.6) is 11.5 Å². The SMILES string of the molecule is CCOc1ccc(OCC(F)C(F)C2CCC(CC)CC2)c(F)c1. The van der Waals surface area contributed by atoms with E-state index in [4.69, 9.17) is 9.47 Å². The Kier molecular flexibility index (Phi) is 7.25. The summed E-state index contributed by atoms with van der Waals surface area (Å²) < 4.78 is 52.6. The van der Waals surface area contributed by atoms with Crippen LogP contribution in [0.4, 0.5) is 13.2 Å². The molecular weight excluding hydrogens is 317 g/mol. The minimum absolute atomic E-state index is 0.0806. The van der Waals surface area contributed by atoms with Crippen molar-refractivity contribution in [3.8, 4) is 11.5 Å². The number of halogens is 3. The molecule has 1 aliphatic carbocycles. The molecule has 0 saturated heterocycles. The molecule has 0 N–H and O–H groups in total. The number of ether oxygens (including phenoxy) is 2. The Labute approximate surface area is 142 Å². The van der Waals surface area contributed by atoms with E-state index in [1.54, 1.807) is 13.0 Å². The number of rotatable bonds is 8. The fourth-order valence-corrected chi connectivity index (χ4v) is 3.33. The summed E-state index contributed by atoms with van der Waals surface area (Å²) in [7, 11) is 0. The van der Waals surface area contributed by atoms with E-state index in [0.29, 0.717) is 18.3 Å². The van der Waals surface area contributed by atoms with Crippen molar-refractivity contribution >= 4 is 0 Å². The third-order valence-electron chi connectivity index (χ3n) is 4.88. The molecule has 0 radical (unpaired) electrons. The summed E-state index contributed by atoms with van der Waals surface area (Å²) in [5.41, 5.74) is 0. The first-order chi connectivity index (χ1) is 11.5. The summed E-state index contributed by atoms with van der Waals surface area (Å²) in [5, 5.41) is 0. The predicted octanol–water partition coefficient (Wildman–Crippen LogP) is 5.50. The minimum Gasteiger partial charge on any atom is -0.494 e. The van der Waals surface area contributed by atoms with Crippen molar-refractivity contribution in [2.75, 3.05) is 13.2 Å². The molecule has 0 aromatic heterocycles. The number of alkyl halides is 2. The lowest BCUT2D eigenvalue weighted by molar-refractivity contribution is 0.0486. The van der Waals surface area contributed by atoms with Gasteiger partial charge in [-0.1, -0.05) is 26.2 Å². The first kappa shape index (κ1) is 18.9. The van der Waals surface area contributed by atoms with Crippen LogP contribution in [0, 0.1) is 17.7 Å². The maximum absolute atomic E-state index is 14.3. The Balaban J connectivity index is 1.83. The Morgan fingerprint density at radius 2 is 1.79 bits per heavy atom. The maximum atomic E-state index is 14.3. The van der Waals surface area contributed by atoms with Gasteiger partial charge in [0.25, 0.3) is 0 Å². The Hall–Kier alpha value is -1.39. The van der Waals surface area contributed by atoms with Crippen LogP contribution in [-0.2, 0) is 0 Å². The second kappa shape index (κ2) is 9.19. The molecule has 24 heavy (non-hydrogen) atoms. The monoisotopic (exact) mass is 344 g/mol. The van der Waals surface area contributed by atoms with Crippen LogP contribution in [0.1, 0.15) is 46.0 Å².